The highest BCUT2D eigenvalue weighted by Gasteiger charge is 2.53. The van der Waals surface area contributed by atoms with Gasteiger partial charge in [0.1, 0.15) is 5.92 Å². The van der Waals surface area contributed by atoms with Crippen LogP contribution in [0, 0.1) is 23.0 Å². The molecule has 0 saturated heterocycles. The average Bonchev–Trinajstić information content (AvgIpc) is 3.01. The number of nitrogens with zero attached hydrogens (tertiary/aromatic N) is 1. The number of rotatable bonds is 3. The molecule has 1 saturated carbocycles. The van der Waals surface area contributed by atoms with E-state index in [1.807, 2.05) is 19.1 Å². The Morgan fingerprint density at radius 2 is 2.06 bits per heavy atom. The lowest BCUT2D eigenvalue weighted by molar-refractivity contribution is -0.497. The first-order chi connectivity index (χ1) is 7.58. The van der Waals surface area contributed by atoms with Crippen LogP contribution in [0.1, 0.15) is 12.0 Å². The predicted octanol–water partition coefficient (Wildman–Crippen LogP) is 1.60. The molecule has 1 fully saturated rings. The maximum Gasteiger partial charge on any atom is 0.234 e. The van der Waals surface area contributed by atoms with Crippen molar-refractivity contribution >= 4 is 11.6 Å². The lowest BCUT2D eigenvalue weighted by atomic mass is 10.2. The van der Waals surface area contributed by atoms with Crippen LogP contribution in [0.25, 0.3) is 0 Å². The van der Waals surface area contributed by atoms with Gasteiger partial charge in [-0.25, -0.2) is 0 Å². The van der Waals surface area contributed by atoms with Crippen LogP contribution in [-0.4, -0.2) is 16.9 Å². The molecule has 0 aromatic heterocycles. The first-order valence-electron chi connectivity index (χ1n) is 5.09. The second-order valence-corrected chi connectivity index (χ2v) is 4.05. The third kappa shape index (κ3) is 2.18. The Balaban J connectivity index is 1.94. The van der Waals surface area contributed by atoms with Gasteiger partial charge < -0.3 is 5.32 Å². The number of benzene rings is 1. The highest BCUT2D eigenvalue weighted by atomic mass is 16.6. The zero-order valence-corrected chi connectivity index (χ0v) is 8.84. The van der Waals surface area contributed by atoms with Crippen LogP contribution < -0.4 is 5.32 Å². The molecule has 1 aromatic carbocycles. The molecule has 5 nitrogen and oxygen atoms in total. The summed E-state index contributed by atoms with van der Waals surface area (Å²) >= 11 is 0. The van der Waals surface area contributed by atoms with Crippen LogP contribution in [0.15, 0.2) is 24.3 Å². The summed E-state index contributed by atoms with van der Waals surface area (Å²) in [5.41, 5.74) is 1.79. The molecule has 84 valence electrons. The van der Waals surface area contributed by atoms with Gasteiger partial charge in [0.15, 0.2) is 0 Å². The molecule has 5 heteroatoms. The van der Waals surface area contributed by atoms with E-state index >= 15 is 0 Å². The summed E-state index contributed by atoms with van der Waals surface area (Å²) < 4.78 is 0. The number of carbonyl (C=O) groups is 1. The maximum atomic E-state index is 11.6. The fourth-order valence-corrected chi connectivity index (χ4v) is 1.57. The van der Waals surface area contributed by atoms with Crippen molar-refractivity contribution in [3.8, 4) is 0 Å². The van der Waals surface area contributed by atoms with Crippen LogP contribution in [0.5, 0.6) is 0 Å². The SMILES string of the molecule is Cc1ccc(NC(=O)[C@H]2C[C@H]2[N+](=O)[O-])cc1. The molecule has 0 bridgehead atoms. The first-order valence-corrected chi connectivity index (χ1v) is 5.09. The third-order valence-electron chi connectivity index (χ3n) is 2.68. The molecule has 1 aromatic rings. The van der Waals surface area contributed by atoms with Crippen molar-refractivity contribution < 1.29 is 9.72 Å². The Morgan fingerprint density at radius 3 is 2.56 bits per heavy atom. The largest absolute Gasteiger partial charge is 0.326 e. The van der Waals surface area contributed by atoms with Crippen LogP contribution in [0.2, 0.25) is 0 Å². The Hall–Kier alpha value is -1.91. The molecule has 2 rings (SSSR count). The van der Waals surface area contributed by atoms with Crippen molar-refractivity contribution in [1.82, 2.24) is 0 Å². The number of nitrogens with one attached hydrogen (secondary N) is 1. The highest BCUT2D eigenvalue weighted by molar-refractivity contribution is 5.94. The van der Waals surface area contributed by atoms with E-state index in [1.165, 1.54) is 0 Å². The van der Waals surface area contributed by atoms with Crippen LogP contribution >= 0.6 is 0 Å². The van der Waals surface area contributed by atoms with Crippen LogP contribution in [-0.2, 0) is 4.79 Å². The normalized spacial score (nSPS) is 22.6. The van der Waals surface area contributed by atoms with Gasteiger partial charge in [-0.05, 0) is 19.1 Å². The Labute approximate surface area is 92.6 Å². The van der Waals surface area contributed by atoms with E-state index in [4.69, 9.17) is 0 Å². The third-order valence-corrected chi connectivity index (χ3v) is 2.68. The van der Waals surface area contributed by atoms with E-state index in [0.717, 1.165) is 5.56 Å². The predicted molar refractivity (Wildman–Crippen MR) is 58.7 cm³/mol. The summed E-state index contributed by atoms with van der Waals surface area (Å²) in [6, 6.07) is 6.65. The number of aryl methyl sites for hydroxylation is 1. The minimum atomic E-state index is -0.689. The summed E-state index contributed by atoms with van der Waals surface area (Å²) in [6.45, 7) is 1.95. The van der Waals surface area contributed by atoms with E-state index in [1.54, 1.807) is 12.1 Å². The molecule has 1 aliphatic rings. The minimum absolute atomic E-state index is 0.259. The smallest absolute Gasteiger partial charge is 0.234 e. The second-order valence-electron chi connectivity index (χ2n) is 4.05. The molecule has 0 aliphatic heterocycles. The number of nitro groups is 1. The van der Waals surface area contributed by atoms with Gasteiger partial charge >= 0.3 is 0 Å². The Morgan fingerprint density at radius 1 is 1.44 bits per heavy atom. The molecule has 0 unspecified atom stereocenters. The van der Waals surface area contributed by atoms with E-state index in [9.17, 15) is 14.9 Å². The fourth-order valence-electron chi connectivity index (χ4n) is 1.57. The van der Waals surface area contributed by atoms with Gasteiger partial charge in [0.2, 0.25) is 11.9 Å². The molecule has 16 heavy (non-hydrogen) atoms. The molecule has 0 radical (unpaired) electrons. The number of carbonyl (C=O) groups excluding carboxylic acids is 1. The quantitative estimate of drug-likeness (QED) is 0.621. The summed E-state index contributed by atoms with van der Waals surface area (Å²) in [6.07, 6.45) is 0.352. The number of amides is 1. The van der Waals surface area contributed by atoms with Gasteiger partial charge in [-0.15, -0.1) is 0 Å². The molecule has 2 atom stereocenters. The van der Waals surface area contributed by atoms with Crippen LogP contribution in [0.3, 0.4) is 0 Å². The molecule has 0 spiro atoms. The number of anilines is 1. The summed E-state index contributed by atoms with van der Waals surface area (Å²) in [4.78, 5) is 21.6. The van der Waals surface area contributed by atoms with E-state index in [0.29, 0.717) is 12.1 Å². The fraction of sp³-hybridized carbons (Fsp3) is 0.364. The maximum absolute atomic E-state index is 11.6. The standard InChI is InChI=1S/C11H12N2O3/c1-7-2-4-8(5-3-7)12-11(14)9-6-10(9)13(15)16/h2-5,9-10H,6H2,1H3,(H,12,14)/t9-,10+/m0/s1. The van der Waals surface area contributed by atoms with Gasteiger partial charge in [-0.3, -0.25) is 14.9 Å². The van der Waals surface area contributed by atoms with Crippen molar-refractivity contribution in [2.45, 2.75) is 19.4 Å². The van der Waals surface area contributed by atoms with E-state index in [2.05, 4.69) is 5.32 Å². The molecular weight excluding hydrogens is 208 g/mol. The van der Waals surface area contributed by atoms with E-state index < -0.39 is 12.0 Å². The summed E-state index contributed by atoms with van der Waals surface area (Å²) in [5.74, 6) is -0.721. The molecule has 1 aliphatic carbocycles. The molecular formula is C11H12N2O3. The van der Waals surface area contributed by atoms with Gasteiger partial charge in [0.25, 0.3) is 0 Å². The number of hydrogen-bond donors (Lipinski definition) is 1. The topological polar surface area (TPSA) is 72.2 Å². The van der Waals surface area contributed by atoms with E-state index in [-0.39, 0.29) is 10.8 Å². The van der Waals surface area contributed by atoms with Crippen molar-refractivity contribution in [2.24, 2.45) is 5.92 Å². The first kappa shape index (κ1) is 10.6. The van der Waals surface area contributed by atoms with Crippen molar-refractivity contribution in [3.63, 3.8) is 0 Å². The second kappa shape index (κ2) is 3.92. The van der Waals surface area contributed by atoms with Crippen molar-refractivity contribution in [2.75, 3.05) is 5.32 Å². The lowest BCUT2D eigenvalue weighted by Gasteiger charge is -2.03. The van der Waals surface area contributed by atoms with Gasteiger partial charge in [-0.2, -0.15) is 0 Å². The van der Waals surface area contributed by atoms with Crippen LogP contribution in [0.4, 0.5) is 5.69 Å². The average molecular weight is 220 g/mol. The Bertz CT molecular complexity index is 427. The number of hydrogen-bond acceptors (Lipinski definition) is 3. The van der Waals surface area contributed by atoms with Gasteiger partial charge in [-0.1, -0.05) is 17.7 Å². The van der Waals surface area contributed by atoms with Gasteiger partial charge in [0.05, 0.1) is 0 Å². The minimum Gasteiger partial charge on any atom is -0.326 e. The summed E-state index contributed by atoms with van der Waals surface area (Å²) in [5, 5.41) is 13.1. The highest BCUT2D eigenvalue weighted by Crippen LogP contribution is 2.34. The summed E-state index contributed by atoms with van der Waals surface area (Å²) in [7, 11) is 0. The Kier molecular flexibility index (Phi) is 2.60. The molecule has 1 amide bonds. The monoisotopic (exact) mass is 220 g/mol. The zero-order chi connectivity index (χ0) is 11.7. The van der Waals surface area contributed by atoms with Crippen molar-refractivity contribution in [3.05, 3.63) is 39.9 Å². The van der Waals surface area contributed by atoms with Crippen molar-refractivity contribution in [1.29, 1.82) is 0 Å². The zero-order valence-electron chi connectivity index (χ0n) is 8.84. The van der Waals surface area contributed by atoms with Gasteiger partial charge in [0, 0.05) is 17.0 Å². The molecule has 1 N–H and O–H groups in total. The lowest BCUT2D eigenvalue weighted by Crippen LogP contribution is -2.18. The molecule has 0 heterocycles.